The minimum Gasteiger partial charge on any atom is -0.312 e. The lowest BCUT2D eigenvalue weighted by molar-refractivity contribution is 0.0998. The Morgan fingerprint density at radius 3 is 2.46 bits per heavy atom. The van der Waals surface area contributed by atoms with Crippen molar-refractivity contribution < 1.29 is 4.79 Å². The summed E-state index contributed by atoms with van der Waals surface area (Å²) in [7, 11) is 0. The number of allylic oxidation sites excluding steroid dienone is 1. The highest BCUT2D eigenvalue weighted by Gasteiger charge is 2.09. The molecule has 4 aromatic rings. The Kier molecular flexibility index (Phi) is 5.37. The van der Waals surface area contributed by atoms with Gasteiger partial charge >= 0.3 is 0 Å². The molecular weight excluding hydrogens is 432 g/mol. The first kappa shape index (κ1) is 18.6. The lowest BCUT2D eigenvalue weighted by Crippen LogP contribution is -2.16. The number of hydrogen-bond donors (Lipinski definition) is 0. The molecule has 0 N–H and O–H groups in total. The number of thiazole rings is 1. The van der Waals surface area contributed by atoms with Crippen LogP contribution in [-0.4, -0.2) is 10.5 Å². The predicted octanol–water partition coefficient (Wildman–Crippen LogP) is 6.06. The summed E-state index contributed by atoms with van der Waals surface area (Å²) in [6.45, 7) is 4.42. The van der Waals surface area contributed by atoms with Crippen LogP contribution in [0, 0.1) is 0 Å². The third-order valence-corrected chi connectivity index (χ3v) is 5.93. The van der Waals surface area contributed by atoms with Gasteiger partial charge in [0.05, 0.1) is 10.2 Å². The summed E-state index contributed by atoms with van der Waals surface area (Å²) in [4.78, 5) is 17.8. The van der Waals surface area contributed by atoms with Crippen molar-refractivity contribution in [3.05, 3.63) is 100 Å². The monoisotopic (exact) mass is 448 g/mol. The molecule has 0 spiro atoms. The maximum absolute atomic E-state index is 12.8. The Balaban J connectivity index is 1.71. The second-order valence-corrected chi connectivity index (χ2v) is 8.18. The van der Waals surface area contributed by atoms with E-state index >= 15 is 0 Å². The number of hydrogen-bond acceptors (Lipinski definition) is 2. The van der Waals surface area contributed by atoms with Gasteiger partial charge in [-0.1, -0.05) is 75.8 Å². The van der Waals surface area contributed by atoms with Crippen molar-refractivity contribution in [1.29, 1.82) is 0 Å². The summed E-state index contributed by atoms with van der Waals surface area (Å²) >= 11 is 5.00. The van der Waals surface area contributed by atoms with Crippen LogP contribution >= 0.6 is 27.3 Å². The molecule has 0 aliphatic heterocycles. The average Bonchev–Trinajstić information content (AvgIpc) is 3.05. The number of nitrogens with zero attached hydrogens (tertiary/aromatic N) is 2. The zero-order valence-corrected chi connectivity index (χ0v) is 17.4. The van der Waals surface area contributed by atoms with Crippen LogP contribution in [-0.2, 0) is 6.54 Å². The molecule has 0 saturated carbocycles. The predicted molar refractivity (Wildman–Crippen MR) is 119 cm³/mol. The molecule has 0 radical (unpaired) electrons. The quantitative estimate of drug-likeness (QED) is 0.349. The number of halogens is 1. The molecule has 138 valence electrons. The van der Waals surface area contributed by atoms with Crippen LogP contribution in [0.15, 0.2) is 94.9 Å². The van der Waals surface area contributed by atoms with Gasteiger partial charge in [-0.15, -0.1) is 6.58 Å². The van der Waals surface area contributed by atoms with Crippen LogP contribution in [0.1, 0.15) is 10.4 Å². The first-order chi connectivity index (χ1) is 13.7. The smallest absolute Gasteiger partial charge is 0.279 e. The van der Waals surface area contributed by atoms with Crippen molar-refractivity contribution in [1.82, 2.24) is 4.57 Å². The molecule has 1 amide bonds. The number of benzene rings is 3. The van der Waals surface area contributed by atoms with Gasteiger partial charge in [-0.25, -0.2) is 0 Å². The second-order valence-electron chi connectivity index (χ2n) is 6.26. The topological polar surface area (TPSA) is 34.4 Å². The van der Waals surface area contributed by atoms with Gasteiger partial charge in [0.15, 0.2) is 4.80 Å². The van der Waals surface area contributed by atoms with Crippen molar-refractivity contribution >= 4 is 43.4 Å². The van der Waals surface area contributed by atoms with E-state index in [0.717, 1.165) is 25.8 Å². The fourth-order valence-electron chi connectivity index (χ4n) is 3.03. The molecular formula is C23H17BrN2OS. The van der Waals surface area contributed by atoms with Gasteiger partial charge in [0.25, 0.3) is 5.91 Å². The van der Waals surface area contributed by atoms with Gasteiger partial charge in [-0.2, -0.15) is 4.99 Å². The third-order valence-electron chi connectivity index (χ3n) is 4.39. The van der Waals surface area contributed by atoms with E-state index in [1.165, 1.54) is 11.3 Å². The molecule has 0 aliphatic rings. The number of fused-ring (bicyclic) bond motifs is 1. The van der Waals surface area contributed by atoms with Crippen LogP contribution in [0.4, 0.5) is 0 Å². The highest BCUT2D eigenvalue weighted by Crippen LogP contribution is 2.23. The van der Waals surface area contributed by atoms with Crippen LogP contribution in [0.5, 0.6) is 0 Å². The molecule has 0 bridgehead atoms. The van der Waals surface area contributed by atoms with Crippen molar-refractivity contribution in [3.8, 4) is 11.1 Å². The Morgan fingerprint density at radius 1 is 1.04 bits per heavy atom. The van der Waals surface area contributed by atoms with E-state index < -0.39 is 0 Å². The zero-order valence-electron chi connectivity index (χ0n) is 15.0. The Labute approximate surface area is 175 Å². The number of amides is 1. The first-order valence-corrected chi connectivity index (χ1v) is 10.4. The van der Waals surface area contributed by atoms with E-state index in [1.54, 1.807) is 0 Å². The molecule has 0 fully saturated rings. The summed E-state index contributed by atoms with van der Waals surface area (Å²) in [5.41, 5.74) is 3.81. The largest absolute Gasteiger partial charge is 0.312 e. The van der Waals surface area contributed by atoms with Gasteiger partial charge in [0.1, 0.15) is 0 Å². The number of carbonyl (C=O) groups excluding carboxylic acids is 1. The SMILES string of the molecule is C=CCn1c(=NC(=O)c2ccc(-c3ccccc3)cc2)sc2cc(Br)ccc21. The van der Waals surface area contributed by atoms with Crippen LogP contribution in [0.2, 0.25) is 0 Å². The molecule has 0 aliphatic carbocycles. The third kappa shape index (κ3) is 3.77. The van der Waals surface area contributed by atoms with Gasteiger partial charge in [-0.3, -0.25) is 4.79 Å². The zero-order chi connectivity index (χ0) is 19.5. The maximum atomic E-state index is 12.8. The summed E-state index contributed by atoms with van der Waals surface area (Å²) in [6.07, 6.45) is 1.81. The van der Waals surface area contributed by atoms with E-state index in [9.17, 15) is 4.79 Å². The van der Waals surface area contributed by atoms with Crippen LogP contribution < -0.4 is 4.80 Å². The van der Waals surface area contributed by atoms with Gasteiger partial charge in [-0.05, 0) is 41.5 Å². The summed E-state index contributed by atoms with van der Waals surface area (Å²) in [6, 6.07) is 23.7. The van der Waals surface area contributed by atoms with Gasteiger partial charge < -0.3 is 4.57 Å². The number of carbonyl (C=O) groups is 1. The van der Waals surface area contributed by atoms with Gasteiger partial charge in [0.2, 0.25) is 0 Å². The second kappa shape index (κ2) is 8.09. The number of aromatic nitrogens is 1. The maximum Gasteiger partial charge on any atom is 0.279 e. The minimum absolute atomic E-state index is 0.247. The van der Waals surface area contributed by atoms with E-state index in [2.05, 4.69) is 39.6 Å². The number of rotatable bonds is 4. The first-order valence-electron chi connectivity index (χ1n) is 8.80. The molecule has 3 aromatic carbocycles. The standard InChI is InChI=1S/C23H17BrN2OS/c1-2-14-26-20-13-12-19(24)15-21(20)28-23(26)25-22(27)18-10-8-17(9-11-18)16-6-4-3-5-7-16/h2-13,15H,1,14H2. The van der Waals surface area contributed by atoms with Crippen LogP contribution in [0.3, 0.4) is 0 Å². The molecule has 0 unspecified atom stereocenters. The minimum atomic E-state index is -0.247. The van der Waals surface area contributed by atoms with Crippen molar-refractivity contribution in [2.45, 2.75) is 6.54 Å². The Hall–Kier alpha value is -2.76. The molecule has 0 saturated heterocycles. The molecule has 28 heavy (non-hydrogen) atoms. The highest BCUT2D eigenvalue weighted by molar-refractivity contribution is 9.10. The van der Waals surface area contributed by atoms with Gasteiger partial charge in [0, 0.05) is 16.6 Å². The molecule has 0 atom stereocenters. The fraction of sp³-hybridized carbons (Fsp3) is 0.0435. The van der Waals surface area contributed by atoms with E-state index in [1.807, 2.05) is 71.3 Å². The molecule has 4 rings (SSSR count). The lowest BCUT2D eigenvalue weighted by atomic mass is 10.0. The summed E-state index contributed by atoms with van der Waals surface area (Å²) in [5, 5.41) is 0. The van der Waals surface area contributed by atoms with E-state index in [4.69, 9.17) is 0 Å². The van der Waals surface area contributed by atoms with Crippen molar-refractivity contribution in [3.63, 3.8) is 0 Å². The lowest BCUT2D eigenvalue weighted by Gasteiger charge is -2.03. The molecule has 1 heterocycles. The molecule has 3 nitrogen and oxygen atoms in total. The Morgan fingerprint density at radius 2 is 1.75 bits per heavy atom. The van der Waals surface area contributed by atoms with E-state index in [0.29, 0.717) is 16.9 Å². The molecule has 5 heteroatoms. The van der Waals surface area contributed by atoms with Crippen molar-refractivity contribution in [2.24, 2.45) is 4.99 Å². The fourth-order valence-corrected chi connectivity index (χ4v) is 4.61. The molecule has 1 aromatic heterocycles. The Bertz CT molecular complexity index is 1220. The average molecular weight is 449 g/mol. The van der Waals surface area contributed by atoms with E-state index in [-0.39, 0.29) is 5.91 Å². The summed E-state index contributed by atoms with van der Waals surface area (Å²) < 4.78 is 4.08. The van der Waals surface area contributed by atoms with Crippen molar-refractivity contribution in [2.75, 3.05) is 0 Å². The summed E-state index contributed by atoms with van der Waals surface area (Å²) in [5.74, 6) is -0.247. The van der Waals surface area contributed by atoms with Crippen LogP contribution in [0.25, 0.3) is 21.3 Å². The normalized spacial score (nSPS) is 11.7. The highest BCUT2D eigenvalue weighted by atomic mass is 79.9.